The number of nitrogens with one attached hydrogen (secondary N) is 1. The Morgan fingerprint density at radius 3 is 2.70 bits per heavy atom. The van der Waals surface area contributed by atoms with Crippen molar-refractivity contribution < 1.29 is 5.11 Å². The second-order valence-corrected chi connectivity index (χ2v) is 6.90. The first-order chi connectivity index (χ1) is 13.2. The smallest absolute Gasteiger partial charge is 0.259 e. The van der Waals surface area contributed by atoms with E-state index in [-0.39, 0.29) is 11.3 Å². The minimum atomic E-state index is -0.181. The lowest BCUT2D eigenvalue weighted by Gasteiger charge is -2.10. The van der Waals surface area contributed by atoms with Gasteiger partial charge in [-0.1, -0.05) is 56.2 Å². The summed E-state index contributed by atoms with van der Waals surface area (Å²) in [6, 6.07) is 17.1. The summed E-state index contributed by atoms with van der Waals surface area (Å²) in [5, 5.41) is 12.9. The van der Waals surface area contributed by atoms with Gasteiger partial charge in [-0.2, -0.15) is 0 Å². The zero-order chi connectivity index (χ0) is 18.8. The minimum absolute atomic E-state index is 0.104. The van der Waals surface area contributed by atoms with E-state index in [9.17, 15) is 9.90 Å². The third-order valence-corrected chi connectivity index (χ3v) is 4.98. The SMILES string of the molecule is CCCCCc1ccc2nc(-c3c(O)ccc4ccccc34)[nH]c(=O)c2c1. The second-order valence-electron chi connectivity index (χ2n) is 6.90. The van der Waals surface area contributed by atoms with E-state index in [1.807, 2.05) is 48.5 Å². The van der Waals surface area contributed by atoms with Crippen molar-refractivity contribution in [2.45, 2.75) is 32.6 Å². The molecule has 4 rings (SSSR count). The van der Waals surface area contributed by atoms with Gasteiger partial charge in [0.15, 0.2) is 0 Å². The first-order valence-corrected chi connectivity index (χ1v) is 9.41. The number of unbranched alkanes of at least 4 members (excludes halogenated alkanes) is 2. The number of aryl methyl sites for hydroxylation is 1. The number of phenolic OH excluding ortho intramolecular Hbond substituents is 1. The summed E-state index contributed by atoms with van der Waals surface area (Å²) in [5.41, 5.74) is 2.17. The molecule has 1 heterocycles. The van der Waals surface area contributed by atoms with Crippen LogP contribution >= 0.6 is 0 Å². The van der Waals surface area contributed by atoms with Crippen LogP contribution in [0.25, 0.3) is 33.1 Å². The molecule has 27 heavy (non-hydrogen) atoms. The van der Waals surface area contributed by atoms with Gasteiger partial charge in [-0.05, 0) is 47.4 Å². The predicted octanol–water partition coefficient (Wildman–Crippen LogP) is 5.18. The molecule has 136 valence electrons. The van der Waals surface area contributed by atoms with E-state index >= 15 is 0 Å². The molecule has 0 fully saturated rings. The predicted molar refractivity (Wildman–Crippen MR) is 110 cm³/mol. The lowest BCUT2D eigenvalue weighted by Crippen LogP contribution is -2.10. The van der Waals surface area contributed by atoms with Crippen LogP contribution < -0.4 is 5.56 Å². The lowest BCUT2D eigenvalue weighted by atomic mass is 10.0. The van der Waals surface area contributed by atoms with Crippen molar-refractivity contribution in [1.29, 1.82) is 0 Å². The highest BCUT2D eigenvalue weighted by Gasteiger charge is 2.13. The molecule has 0 unspecified atom stereocenters. The van der Waals surface area contributed by atoms with Gasteiger partial charge >= 0.3 is 0 Å². The fourth-order valence-corrected chi connectivity index (χ4v) is 3.55. The number of aromatic hydroxyl groups is 1. The molecule has 3 aromatic carbocycles. The van der Waals surface area contributed by atoms with Crippen LogP contribution in [0.2, 0.25) is 0 Å². The summed E-state index contributed by atoms with van der Waals surface area (Å²) >= 11 is 0. The zero-order valence-electron chi connectivity index (χ0n) is 15.3. The van der Waals surface area contributed by atoms with Crippen LogP contribution in [0.3, 0.4) is 0 Å². The first-order valence-electron chi connectivity index (χ1n) is 9.41. The summed E-state index contributed by atoms with van der Waals surface area (Å²) in [4.78, 5) is 20.2. The van der Waals surface area contributed by atoms with Crippen LogP contribution in [-0.2, 0) is 6.42 Å². The molecule has 0 saturated heterocycles. The highest BCUT2D eigenvalue weighted by atomic mass is 16.3. The van der Waals surface area contributed by atoms with E-state index in [1.54, 1.807) is 6.07 Å². The minimum Gasteiger partial charge on any atom is -0.507 e. The van der Waals surface area contributed by atoms with E-state index in [0.717, 1.165) is 29.2 Å². The van der Waals surface area contributed by atoms with E-state index in [0.29, 0.717) is 22.3 Å². The van der Waals surface area contributed by atoms with Crippen molar-refractivity contribution in [3.63, 3.8) is 0 Å². The molecule has 0 atom stereocenters. The standard InChI is InChI=1S/C23H22N2O2/c1-2-3-4-7-15-10-12-19-18(14-15)23(27)25-22(24-19)21-17-9-6-5-8-16(17)11-13-20(21)26/h5-6,8-14,26H,2-4,7H2,1H3,(H,24,25,27). The van der Waals surface area contributed by atoms with E-state index in [2.05, 4.69) is 16.9 Å². The number of H-pyrrole nitrogens is 1. The average molecular weight is 358 g/mol. The Balaban J connectivity index is 1.84. The van der Waals surface area contributed by atoms with Gasteiger partial charge in [0.05, 0.1) is 16.5 Å². The number of nitrogens with zero attached hydrogens (tertiary/aromatic N) is 1. The molecule has 0 bridgehead atoms. The Morgan fingerprint density at radius 2 is 1.85 bits per heavy atom. The van der Waals surface area contributed by atoms with Crippen LogP contribution in [-0.4, -0.2) is 15.1 Å². The number of aromatic nitrogens is 2. The van der Waals surface area contributed by atoms with Crippen LogP contribution in [0.15, 0.2) is 59.4 Å². The number of hydrogen-bond donors (Lipinski definition) is 2. The lowest BCUT2D eigenvalue weighted by molar-refractivity contribution is 0.477. The maximum Gasteiger partial charge on any atom is 0.259 e. The molecular formula is C23H22N2O2. The molecule has 0 amide bonds. The highest BCUT2D eigenvalue weighted by Crippen LogP contribution is 2.34. The molecule has 2 N–H and O–H groups in total. The van der Waals surface area contributed by atoms with Crippen LogP contribution in [0, 0.1) is 0 Å². The van der Waals surface area contributed by atoms with Gasteiger partial charge in [-0.25, -0.2) is 4.98 Å². The molecule has 0 aliphatic heterocycles. The van der Waals surface area contributed by atoms with Gasteiger partial charge < -0.3 is 10.1 Å². The summed E-state index contributed by atoms with van der Waals surface area (Å²) in [6.07, 6.45) is 4.45. The van der Waals surface area contributed by atoms with Crippen molar-refractivity contribution in [3.05, 3.63) is 70.5 Å². The van der Waals surface area contributed by atoms with Gasteiger partial charge in [0.1, 0.15) is 11.6 Å². The van der Waals surface area contributed by atoms with Gasteiger partial charge in [-0.15, -0.1) is 0 Å². The third-order valence-electron chi connectivity index (χ3n) is 4.98. The fraction of sp³-hybridized carbons (Fsp3) is 0.217. The normalized spacial score (nSPS) is 11.3. The summed E-state index contributed by atoms with van der Waals surface area (Å²) in [5.74, 6) is 0.493. The Hall–Kier alpha value is -3.14. The topological polar surface area (TPSA) is 66.0 Å². The first kappa shape index (κ1) is 17.3. The van der Waals surface area contributed by atoms with Gasteiger partial charge in [0.25, 0.3) is 5.56 Å². The van der Waals surface area contributed by atoms with Crippen LogP contribution in [0.1, 0.15) is 31.7 Å². The summed E-state index contributed by atoms with van der Waals surface area (Å²) in [7, 11) is 0. The number of phenols is 1. The quantitative estimate of drug-likeness (QED) is 0.483. The average Bonchev–Trinajstić information content (AvgIpc) is 2.68. The molecule has 4 heteroatoms. The zero-order valence-corrected chi connectivity index (χ0v) is 15.3. The molecular weight excluding hydrogens is 336 g/mol. The molecule has 0 radical (unpaired) electrons. The van der Waals surface area contributed by atoms with Gasteiger partial charge in [0.2, 0.25) is 0 Å². The maximum atomic E-state index is 12.7. The number of aromatic amines is 1. The van der Waals surface area contributed by atoms with E-state index < -0.39 is 0 Å². The third kappa shape index (κ3) is 3.31. The summed E-state index contributed by atoms with van der Waals surface area (Å²) in [6.45, 7) is 2.18. The molecule has 4 nitrogen and oxygen atoms in total. The number of rotatable bonds is 5. The second kappa shape index (κ2) is 7.23. The number of hydrogen-bond acceptors (Lipinski definition) is 3. The van der Waals surface area contributed by atoms with E-state index in [1.165, 1.54) is 12.8 Å². The largest absolute Gasteiger partial charge is 0.507 e. The summed E-state index contributed by atoms with van der Waals surface area (Å²) < 4.78 is 0. The van der Waals surface area contributed by atoms with E-state index in [4.69, 9.17) is 0 Å². The molecule has 4 aromatic rings. The Bertz CT molecular complexity index is 1180. The Labute approximate surface area is 157 Å². The van der Waals surface area contributed by atoms with Gasteiger partial charge in [0, 0.05) is 0 Å². The monoisotopic (exact) mass is 358 g/mol. The van der Waals surface area contributed by atoms with Crippen LogP contribution in [0.5, 0.6) is 5.75 Å². The van der Waals surface area contributed by atoms with Crippen molar-refractivity contribution in [3.8, 4) is 17.1 Å². The molecule has 0 aliphatic rings. The fourth-order valence-electron chi connectivity index (χ4n) is 3.55. The maximum absolute atomic E-state index is 12.7. The Morgan fingerprint density at radius 1 is 1.00 bits per heavy atom. The van der Waals surface area contributed by atoms with Gasteiger partial charge in [-0.3, -0.25) is 4.79 Å². The van der Waals surface area contributed by atoms with Crippen LogP contribution in [0.4, 0.5) is 0 Å². The van der Waals surface area contributed by atoms with Crippen molar-refractivity contribution in [2.24, 2.45) is 0 Å². The molecule has 0 aliphatic carbocycles. The Kier molecular flexibility index (Phi) is 4.63. The number of benzene rings is 3. The van der Waals surface area contributed by atoms with Crippen molar-refractivity contribution in [1.82, 2.24) is 9.97 Å². The van der Waals surface area contributed by atoms with Crippen molar-refractivity contribution >= 4 is 21.7 Å². The highest BCUT2D eigenvalue weighted by molar-refractivity contribution is 5.98. The molecule has 1 aromatic heterocycles. The number of fused-ring (bicyclic) bond motifs is 2. The molecule has 0 saturated carbocycles. The van der Waals surface area contributed by atoms with Crippen molar-refractivity contribution in [2.75, 3.05) is 0 Å². The molecule has 0 spiro atoms.